The summed E-state index contributed by atoms with van der Waals surface area (Å²) in [4.78, 5) is 22.5. The Morgan fingerprint density at radius 1 is 1.27 bits per heavy atom. The van der Waals surface area contributed by atoms with E-state index >= 15 is 0 Å². The lowest BCUT2D eigenvalue weighted by molar-refractivity contribution is 0.250. The van der Waals surface area contributed by atoms with Crippen molar-refractivity contribution < 1.29 is 4.79 Å². The number of nitrogens with two attached hydrogens (primary N) is 1. The number of carbonyl (C=O) groups excluding carboxylic acids is 1. The van der Waals surface area contributed by atoms with Gasteiger partial charge in [-0.15, -0.1) is 0 Å². The highest BCUT2D eigenvalue weighted by molar-refractivity contribution is 5.89. The molecule has 1 heterocycles. The molecule has 2 N–H and O–H groups in total. The number of amides is 1. The SMILES string of the molecule is Cc1ccc2c(ccc(=O)n2C(N)=O)c1. The third kappa shape index (κ3) is 1.50. The van der Waals surface area contributed by atoms with Gasteiger partial charge in [-0.1, -0.05) is 11.6 Å². The Balaban J connectivity index is 2.94. The Morgan fingerprint density at radius 2 is 2.00 bits per heavy atom. The first kappa shape index (κ1) is 9.45. The van der Waals surface area contributed by atoms with Gasteiger partial charge in [-0.2, -0.15) is 0 Å². The lowest BCUT2D eigenvalue weighted by Gasteiger charge is -2.05. The van der Waals surface area contributed by atoms with Crippen molar-refractivity contribution >= 4 is 16.9 Å². The normalized spacial score (nSPS) is 10.5. The van der Waals surface area contributed by atoms with Crippen molar-refractivity contribution in [3.63, 3.8) is 0 Å². The first-order valence-corrected chi connectivity index (χ1v) is 4.52. The van der Waals surface area contributed by atoms with Gasteiger partial charge < -0.3 is 5.73 Å². The molecule has 0 fully saturated rings. The minimum Gasteiger partial charge on any atom is -0.351 e. The van der Waals surface area contributed by atoms with E-state index < -0.39 is 11.6 Å². The van der Waals surface area contributed by atoms with Crippen LogP contribution in [0, 0.1) is 6.92 Å². The van der Waals surface area contributed by atoms with Crippen LogP contribution in [0.5, 0.6) is 0 Å². The number of rotatable bonds is 0. The quantitative estimate of drug-likeness (QED) is 0.698. The van der Waals surface area contributed by atoms with Gasteiger partial charge in [-0.05, 0) is 30.5 Å². The average molecular weight is 202 g/mol. The average Bonchev–Trinajstić information content (AvgIpc) is 2.17. The second-order valence-electron chi connectivity index (χ2n) is 3.41. The second kappa shape index (κ2) is 3.24. The summed E-state index contributed by atoms with van der Waals surface area (Å²) in [5, 5.41) is 0.827. The maximum Gasteiger partial charge on any atom is 0.326 e. The number of carbonyl (C=O) groups is 1. The molecule has 0 radical (unpaired) electrons. The van der Waals surface area contributed by atoms with Crippen molar-refractivity contribution in [2.45, 2.75) is 6.92 Å². The van der Waals surface area contributed by atoms with Gasteiger partial charge in [0.15, 0.2) is 0 Å². The number of hydrogen-bond acceptors (Lipinski definition) is 2. The number of hydrogen-bond donors (Lipinski definition) is 1. The summed E-state index contributed by atoms with van der Waals surface area (Å²) in [5.74, 6) is 0. The molecule has 0 bridgehead atoms. The number of benzene rings is 1. The molecule has 0 atom stereocenters. The molecule has 2 rings (SSSR count). The summed E-state index contributed by atoms with van der Waals surface area (Å²) in [6.07, 6.45) is 0. The largest absolute Gasteiger partial charge is 0.351 e. The van der Waals surface area contributed by atoms with E-state index in [0.717, 1.165) is 15.5 Å². The highest BCUT2D eigenvalue weighted by atomic mass is 16.2. The molecule has 76 valence electrons. The Hall–Kier alpha value is -2.10. The maximum atomic E-state index is 11.4. The molecular weight excluding hydrogens is 192 g/mol. The summed E-state index contributed by atoms with van der Waals surface area (Å²) in [6, 6.07) is 7.72. The van der Waals surface area contributed by atoms with E-state index in [0.29, 0.717) is 5.52 Å². The van der Waals surface area contributed by atoms with Gasteiger partial charge in [0.1, 0.15) is 0 Å². The molecule has 1 aromatic heterocycles. The molecule has 1 amide bonds. The molecule has 0 aliphatic heterocycles. The van der Waals surface area contributed by atoms with Crippen LogP contribution in [0.3, 0.4) is 0 Å². The first-order valence-electron chi connectivity index (χ1n) is 4.52. The van der Waals surface area contributed by atoms with E-state index in [1.165, 1.54) is 6.07 Å². The highest BCUT2D eigenvalue weighted by Crippen LogP contribution is 2.13. The Morgan fingerprint density at radius 3 is 2.67 bits per heavy atom. The van der Waals surface area contributed by atoms with Crippen molar-refractivity contribution in [1.29, 1.82) is 0 Å². The van der Waals surface area contributed by atoms with Crippen LogP contribution in [0.2, 0.25) is 0 Å². The maximum absolute atomic E-state index is 11.4. The monoisotopic (exact) mass is 202 g/mol. The third-order valence-corrected chi connectivity index (χ3v) is 2.27. The Bertz CT molecular complexity index is 599. The van der Waals surface area contributed by atoms with Gasteiger partial charge in [0, 0.05) is 6.07 Å². The van der Waals surface area contributed by atoms with Crippen LogP contribution < -0.4 is 11.3 Å². The predicted molar refractivity (Wildman–Crippen MR) is 57.9 cm³/mol. The van der Waals surface area contributed by atoms with Crippen molar-refractivity contribution in [2.24, 2.45) is 5.73 Å². The molecule has 0 aliphatic rings. The van der Waals surface area contributed by atoms with E-state index in [-0.39, 0.29) is 0 Å². The number of aryl methyl sites for hydroxylation is 1. The molecule has 0 saturated carbocycles. The molecule has 1 aromatic carbocycles. The Kier molecular flexibility index (Phi) is 2.04. The van der Waals surface area contributed by atoms with Crippen LogP contribution in [0.25, 0.3) is 10.9 Å². The lowest BCUT2D eigenvalue weighted by Crippen LogP contribution is -2.31. The fraction of sp³-hybridized carbons (Fsp3) is 0.0909. The minimum atomic E-state index is -0.755. The van der Waals surface area contributed by atoms with Crippen LogP contribution in [0.1, 0.15) is 5.56 Å². The van der Waals surface area contributed by atoms with Crippen LogP contribution in [0.15, 0.2) is 35.1 Å². The van der Waals surface area contributed by atoms with Crippen LogP contribution in [-0.4, -0.2) is 10.6 Å². The molecule has 2 aromatic rings. The summed E-state index contributed by atoms with van der Waals surface area (Å²) in [6.45, 7) is 1.94. The van der Waals surface area contributed by atoms with E-state index in [4.69, 9.17) is 5.73 Å². The zero-order valence-electron chi connectivity index (χ0n) is 8.23. The van der Waals surface area contributed by atoms with Crippen LogP contribution in [-0.2, 0) is 0 Å². The standard InChI is InChI=1S/C11H10N2O2/c1-7-2-4-9-8(6-7)3-5-10(14)13(9)11(12)15/h2-6H,1H3,(H2,12,15). The van der Waals surface area contributed by atoms with Crippen molar-refractivity contribution in [2.75, 3.05) is 0 Å². The van der Waals surface area contributed by atoms with E-state index in [9.17, 15) is 9.59 Å². The van der Waals surface area contributed by atoms with Crippen molar-refractivity contribution in [3.8, 4) is 0 Å². The molecule has 15 heavy (non-hydrogen) atoms. The minimum absolute atomic E-state index is 0.404. The first-order chi connectivity index (χ1) is 7.09. The topological polar surface area (TPSA) is 65.1 Å². The molecule has 0 aliphatic carbocycles. The van der Waals surface area contributed by atoms with E-state index in [1.807, 2.05) is 19.1 Å². The van der Waals surface area contributed by atoms with Crippen molar-refractivity contribution in [3.05, 3.63) is 46.2 Å². The fourth-order valence-electron chi connectivity index (χ4n) is 1.59. The summed E-state index contributed by atoms with van der Waals surface area (Å²) >= 11 is 0. The summed E-state index contributed by atoms with van der Waals surface area (Å²) in [7, 11) is 0. The summed E-state index contributed by atoms with van der Waals surface area (Å²) < 4.78 is 0.967. The molecule has 0 spiro atoms. The molecule has 0 saturated heterocycles. The zero-order chi connectivity index (χ0) is 11.0. The van der Waals surface area contributed by atoms with E-state index in [1.54, 1.807) is 12.1 Å². The molecule has 0 unspecified atom stereocenters. The third-order valence-electron chi connectivity index (χ3n) is 2.27. The molecule has 4 heteroatoms. The van der Waals surface area contributed by atoms with Gasteiger partial charge in [0.25, 0.3) is 5.56 Å². The van der Waals surface area contributed by atoms with Crippen LogP contribution >= 0.6 is 0 Å². The van der Waals surface area contributed by atoms with Gasteiger partial charge in [-0.25, -0.2) is 9.36 Å². The predicted octanol–water partition coefficient (Wildman–Crippen LogP) is 1.24. The van der Waals surface area contributed by atoms with Gasteiger partial charge >= 0.3 is 6.03 Å². The van der Waals surface area contributed by atoms with E-state index in [2.05, 4.69) is 0 Å². The van der Waals surface area contributed by atoms with Crippen molar-refractivity contribution in [1.82, 2.24) is 4.57 Å². The zero-order valence-corrected chi connectivity index (χ0v) is 8.23. The second-order valence-corrected chi connectivity index (χ2v) is 3.41. The number of fused-ring (bicyclic) bond motifs is 1. The van der Waals surface area contributed by atoms with Gasteiger partial charge in [0.05, 0.1) is 5.52 Å². The van der Waals surface area contributed by atoms with Gasteiger partial charge in [0.2, 0.25) is 0 Å². The Labute approximate surface area is 85.9 Å². The lowest BCUT2D eigenvalue weighted by atomic mass is 10.1. The summed E-state index contributed by atoms with van der Waals surface area (Å²) in [5.41, 5.74) is 6.35. The number of aromatic nitrogens is 1. The number of primary amides is 1. The number of pyridine rings is 1. The smallest absolute Gasteiger partial charge is 0.326 e. The molecular formula is C11H10N2O2. The molecule has 4 nitrogen and oxygen atoms in total. The van der Waals surface area contributed by atoms with Gasteiger partial charge in [-0.3, -0.25) is 4.79 Å². The van der Waals surface area contributed by atoms with Crippen LogP contribution in [0.4, 0.5) is 4.79 Å². The fourth-order valence-corrected chi connectivity index (χ4v) is 1.59. The highest BCUT2D eigenvalue weighted by Gasteiger charge is 2.06. The number of nitrogens with zero attached hydrogens (tertiary/aromatic N) is 1.